The molecule has 0 aromatic carbocycles. The second-order valence-corrected chi connectivity index (χ2v) is 3.86. The van der Waals surface area contributed by atoms with Gasteiger partial charge in [0.25, 0.3) is 0 Å². The molecule has 0 N–H and O–H groups in total. The highest BCUT2D eigenvalue weighted by Gasteiger charge is 2.01. The zero-order valence-corrected chi connectivity index (χ0v) is 8.64. The van der Waals surface area contributed by atoms with Crippen LogP contribution in [-0.2, 0) is 0 Å². The van der Waals surface area contributed by atoms with Gasteiger partial charge in [0.15, 0.2) is 0 Å². The van der Waals surface area contributed by atoms with Gasteiger partial charge in [0.2, 0.25) is 0 Å². The Hall–Kier alpha value is -0.370. The van der Waals surface area contributed by atoms with Gasteiger partial charge in [0.05, 0.1) is 0 Å². The lowest BCUT2D eigenvalue weighted by Gasteiger charge is -2.05. The largest absolute Gasteiger partial charge is 0.246 e. The Kier molecular flexibility index (Phi) is 2.66. The molecule has 1 heterocycles. The maximum Gasteiger partial charge on any atom is 0.106 e. The predicted octanol–water partition coefficient (Wildman–Crippen LogP) is 3.28. The van der Waals surface area contributed by atoms with E-state index >= 15 is 0 Å². The van der Waals surface area contributed by atoms with Gasteiger partial charge < -0.3 is 0 Å². The monoisotopic (exact) mass is 213 g/mol. The molecule has 0 atom stereocenters. The van der Waals surface area contributed by atoms with Gasteiger partial charge in [-0.2, -0.15) is 0 Å². The number of aromatic nitrogens is 1. The number of halogens is 1. The molecule has 1 nitrogen and oxygen atoms in total. The van der Waals surface area contributed by atoms with Crippen LogP contribution in [0.2, 0.25) is 0 Å². The lowest BCUT2D eigenvalue weighted by Crippen LogP contribution is -1.93. The summed E-state index contributed by atoms with van der Waals surface area (Å²) in [5, 5.41) is 0. The first-order chi connectivity index (χ1) is 5.09. The summed E-state index contributed by atoms with van der Waals surface area (Å²) in [5.41, 5.74) is 2.41. The molecule has 0 aliphatic heterocycles. The van der Waals surface area contributed by atoms with E-state index in [1.807, 2.05) is 6.07 Å². The molecule has 0 aliphatic carbocycles. The molecule has 0 fully saturated rings. The SMILES string of the molecule is Cc1cc(Br)nc(C(C)C)c1. The molecular weight excluding hydrogens is 202 g/mol. The third kappa shape index (κ3) is 2.29. The van der Waals surface area contributed by atoms with Crippen LogP contribution in [0.5, 0.6) is 0 Å². The first-order valence-corrected chi connectivity index (χ1v) is 4.53. The second-order valence-electron chi connectivity index (χ2n) is 3.05. The fraction of sp³-hybridized carbons (Fsp3) is 0.444. The topological polar surface area (TPSA) is 12.9 Å². The maximum atomic E-state index is 4.35. The summed E-state index contributed by atoms with van der Waals surface area (Å²) < 4.78 is 0.932. The van der Waals surface area contributed by atoms with Gasteiger partial charge in [-0.1, -0.05) is 13.8 Å². The molecule has 1 aromatic rings. The van der Waals surface area contributed by atoms with Crippen LogP contribution in [-0.4, -0.2) is 4.98 Å². The molecule has 1 rings (SSSR count). The molecular formula is C9H12BrN. The molecule has 0 radical (unpaired) electrons. The van der Waals surface area contributed by atoms with E-state index in [1.54, 1.807) is 0 Å². The molecule has 0 amide bonds. The number of aryl methyl sites for hydroxylation is 1. The standard InChI is InChI=1S/C9H12BrN/c1-6(2)8-4-7(3)5-9(10)11-8/h4-6H,1-3H3. The van der Waals surface area contributed by atoms with Crippen molar-refractivity contribution in [2.45, 2.75) is 26.7 Å². The average Bonchev–Trinajstić information content (AvgIpc) is 1.85. The summed E-state index contributed by atoms with van der Waals surface area (Å²) in [6.45, 7) is 6.38. The van der Waals surface area contributed by atoms with Crippen LogP contribution in [0.4, 0.5) is 0 Å². The quantitative estimate of drug-likeness (QED) is 0.653. The first kappa shape index (κ1) is 8.72. The zero-order chi connectivity index (χ0) is 8.43. The molecule has 0 bridgehead atoms. The smallest absolute Gasteiger partial charge is 0.106 e. The van der Waals surface area contributed by atoms with Crippen molar-refractivity contribution >= 4 is 15.9 Å². The van der Waals surface area contributed by atoms with E-state index in [9.17, 15) is 0 Å². The minimum atomic E-state index is 0.506. The highest BCUT2D eigenvalue weighted by atomic mass is 79.9. The summed E-state index contributed by atoms with van der Waals surface area (Å²) in [6.07, 6.45) is 0. The lowest BCUT2D eigenvalue weighted by molar-refractivity contribution is 0.816. The minimum Gasteiger partial charge on any atom is -0.246 e. The van der Waals surface area contributed by atoms with Crippen LogP contribution in [0, 0.1) is 6.92 Å². The third-order valence-electron chi connectivity index (χ3n) is 1.55. The first-order valence-electron chi connectivity index (χ1n) is 3.73. The fourth-order valence-corrected chi connectivity index (χ4v) is 1.51. The van der Waals surface area contributed by atoms with Gasteiger partial charge in [-0.3, -0.25) is 0 Å². The fourth-order valence-electron chi connectivity index (χ4n) is 0.946. The Morgan fingerprint density at radius 2 is 2.00 bits per heavy atom. The number of rotatable bonds is 1. The van der Waals surface area contributed by atoms with Crippen LogP contribution >= 0.6 is 15.9 Å². The van der Waals surface area contributed by atoms with Crippen LogP contribution < -0.4 is 0 Å². The van der Waals surface area contributed by atoms with Crippen molar-refractivity contribution in [3.63, 3.8) is 0 Å². The van der Waals surface area contributed by atoms with Gasteiger partial charge >= 0.3 is 0 Å². The van der Waals surface area contributed by atoms with Crippen LogP contribution in [0.1, 0.15) is 31.0 Å². The van der Waals surface area contributed by atoms with Crippen LogP contribution in [0.3, 0.4) is 0 Å². The minimum absolute atomic E-state index is 0.506. The summed E-state index contributed by atoms with van der Waals surface area (Å²) in [6, 6.07) is 4.14. The number of nitrogens with zero attached hydrogens (tertiary/aromatic N) is 1. The Morgan fingerprint density at radius 1 is 1.36 bits per heavy atom. The molecule has 0 aliphatic rings. The lowest BCUT2D eigenvalue weighted by atomic mass is 10.1. The highest BCUT2D eigenvalue weighted by molar-refractivity contribution is 9.10. The summed E-state index contributed by atoms with van der Waals surface area (Å²) in [5.74, 6) is 0.506. The second kappa shape index (κ2) is 3.35. The van der Waals surface area contributed by atoms with Crippen molar-refractivity contribution in [1.82, 2.24) is 4.98 Å². The van der Waals surface area contributed by atoms with E-state index in [0.29, 0.717) is 5.92 Å². The number of hydrogen-bond acceptors (Lipinski definition) is 1. The van der Waals surface area contributed by atoms with Crippen molar-refractivity contribution in [3.8, 4) is 0 Å². The van der Waals surface area contributed by atoms with E-state index in [-0.39, 0.29) is 0 Å². The van der Waals surface area contributed by atoms with E-state index < -0.39 is 0 Å². The summed E-state index contributed by atoms with van der Waals surface area (Å²) >= 11 is 3.37. The third-order valence-corrected chi connectivity index (χ3v) is 1.96. The van der Waals surface area contributed by atoms with Crippen molar-refractivity contribution in [2.24, 2.45) is 0 Å². The molecule has 0 spiro atoms. The van der Waals surface area contributed by atoms with Gasteiger partial charge in [0, 0.05) is 5.69 Å². The van der Waals surface area contributed by atoms with E-state index in [2.05, 4.69) is 47.8 Å². The van der Waals surface area contributed by atoms with E-state index in [0.717, 1.165) is 10.3 Å². The van der Waals surface area contributed by atoms with Gasteiger partial charge in [0.1, 0.15) is 4.60 Å². The summed E-state index contributed by atoms with van der Waals surface area (Å²) in [7, 11) is 0. The molecule has 1 aromatic heterocycles. The Balaban J connectivity index is 3.08. The van der Waals surface area contributed by atoms with Gasteiger partial charge in [-0.25, -0.2) is 4.98 Å². The number of hydrogen-bond donors (Lipinski definition) is 0. The average molecular weight is 214 g/mol. The van der Waals surface area contributed by atoms with Gasteiger partial charge in [-0.15, -0.1) is 0 Å². The normalized spacial score (nSPS) is 10.6. The van der Waals surface area contributed by atoms with Crippen molar-refractivity contribution in [3.05, 3.63) is 28.0 Å². The van der Waals surface area contributed by atoms with Gasteiger partial charge in [-0.05, 0) is 46.5 Å². The Morgan fingerprint density at radius 3 is 2.45 bits per heavy atom. The molecule has 0 unspecified atom stereocenters. The molecule has 11 heavy (non-hydrogen) atoms. The van der Waals surface area contributed by atoms with E-state index in [4.69, 9.17) is 0 Å². The highest BCUT2D eigenvalue weighted by Crippen LogP contribution is 2.16. The molecule has 60 valence electrons. The molecule has 2 heteroatoms. The van der Waals surface area contributed by atoms with Crippen molar-refractivity contribution < 1.29 is 0 Å². The zero-order valence-electron chi connectivity index (χ0n) is 7.06. The van der Waals surface area contributed by atoms with E-state index in [1.165, 1.54) is 5.56 Å². The Bertz CT molecular complexity index is 235. The van der Waals surface area contributed by atoms with Crippen molar-refractivity contribution in [1.29, 1.82) is 0 Å². The molecule has 0 saturated heterocycles. The summed E-state index contributed by atoms with van der Waals surface area (Å²) in [4.78, 5) is 4.35. The van der Waals surface area contributed by atoms with Crippen LogP contribution in [0.25, 0.3) is 0 Å². The number of pyridine rings is 1. The van der Waals surface area contributed by atoms with Crippen molar-refractivity contribution in [2.75, 3.05) is 0 Å². The Labute approximate surface area is 76.0 Å². The predicted molar refractivity (Wildman–Crippen MR) is 50.8 cm³/mol. The maximum absolute atomic E-state index is 4.35. The van der Waals surface area contributed by atoms with Crippen LogP contribution in [0.15, 0.2) is 16.7 Å². The molecule has 0 saturated carbocycles.